The maximum atomic E-state index is 12.0. The Morgan fingerprint density at radius 3 is 2.36 bits per heavy atom. The van der Waals surface area contributed by atoms with Crippen molar-refractivity contribution in [2.45, 2.75) is 43.6 Å². The van der Waals surface area contributed by atoms with Crippen LogP contribution in [0.3, 0.4) is 0 Å². The number of nitrogens with one attached hydrogen (secondary N) is 1. The molecular formula is C13H21N3O4S2. The number of rotatable bonds is 6. The molecule has 0 unspecified atom stereocenters. The molecule has 0 aromatic carbocycles. The monoisotopic (exact) mass is 347 g/mol. The van der Waals surface area contributed by atoms with Gasteiger partial charge in [0.1, 0.15) is 0 Å². The van der Waals surface area contributed by atoms with Gasteiger partial charge < -0.3 is 0 Å². The topological polar surface area (TPSA) is 119 Å². The molecule has 1 fully saturated rings. The van der Waals surface area contributed by atoms with Crippen LogP contribution in [0, 0.1) is 5.92 Å². The van der Waals surface area contributed by atoms with E-state index in [1.54, 1.807) is 0 Å². The summed E-state index contributed by atoms with van der Waals surface area (Å²) in [6.07, 6.45) is 7.59. The van der Waals surface area contributed by atoms with Crippen molar-refractivity contribution in [3.8, 4) is 0 Å². The Hall–Kier alpha value is -1.19. The standard InChI is InChI=1S/C13H21N3O4S2/c14-22(19,20)13-7-6-12(10-15-13)16-21(17,18)9-8-11-4-2-1-3-5-11/h6-7,10-11,16H,1-5,8-9H2,(H2,14,19,20). The van der Waals surface area contributed by atoms with Crippen molar-refractivity contribution in [3.05, 3.63) is 18.3 Å². The van der Waals surface area contributed by atoms with Gasteiger partial charge in [-0.25, -0.2) is 27.0 Å². The summed E-state index contributed by atoms with van der Waals surface area (Å²) < 4.78 is 48.7. The first-order chi connectivity index (χ1) is 10.3. The fraction of sp³-hybridized carbons (Fsp3) is 0.615. The van der Waals surface area contributed by atoms with E-state index in [0.717, 1.165) is 19.0 Å². The van der Waals surface area contributed by atoms with Crippen LogP contribution in [-0.4, -0.2) is 27.6 Å². The smallest absolute Gasteiger partial charge is 0.255 e. The second kappa shape index (κ2) is 6.93. The maximum Gasteiger partial charge on any atom is 0.255 e. The van der Waals surface area contributed by atoms with Gasteiger partial charge in [-0.2, -0.15) is 0 Å². The highest BCUT2D eigenvalue weighted by atomic mass is 32.2. The molecule has 1 aliphatic carbocycles. The van der Waals surface area contributed by atoms with Crippen LogP contribution in [0.5, 0.6) is 0 Å². The summed E-state index contributed by atoms with van der Waals surface area (Å²) in [4.78, 5) is 3.64. The van der Waals surface area contributed by atoms with E-state index in [0.29, 0.717) is 12.3 Å². The Kier molecular flexibility index (Phi) is 5.41. The Morgan fingerprint density at radius 1 is 1.14 bits per heavy atom. The van der Waals surface area contributed by atoms with Crippen molar-refractivity contribution < 1.29 is 16.8 Å². The van der Waals surface area contributed by atoms with Gasteiger partial charge in [0.05, 0.1) is 17.6 Å². The summed E-state index contributed by atoms with van der Waals surface area (Å²) in [7, 11) is -7.33. The third-order valence-electron chi connectivity index (χ3n) is 3.82. The lowest BCUT2D eigenvalue weighted by molar-refractivity contribution is 0.350. The Morgan fingerprint density at radius 2 is 1.82 bits per heavy atom. The zero-order chi connectivity index (χ0) is 16.2. The third kappa shape index (κ3) is 5.22. The van der Waals surface area contributed by atoms with Crippen molar-refractivity contribution in [1.29, 1.82) is 0 Å². The highest BCUT2D eigenvalue weighted by Gasteiger charge is 2.18. The van der Waals surface area contributed by atoms with Crippen LogP contribution in [0.1, 0.15) is 38.5 Å². The quantitative estimate of drug-likeness (QED) is 0.807. The summed E-state index contributed by atoms with van der Waals surface area (Å²) in [5, 5.41) is 4.64. The molecule has 2 rings (SSSR count). The molecule has 3 N–H and O–H groups in total. The molecule has 1 aliphatic rings. The fourth-order valence-electron chi connectivity index (χ4n) is 2.64. The van der Waals surface area contributed by atoms with Gasteiger partial charge >= 0.3 is 0 Å². The number of anilines is 1. The molecule has 7 nitrogen and oxygen atoms in total. The van der Waals surface area contributed by atoms with E-state index in [4.69, 9.17) is 5.14 Å². The molecular weight excluding hydrogens is 326 g/mol. The molecule has 1 aromatic rings. The summed E-state index contributed by atoms with van der Waals surface area (Å²) in [5.74, 6) is 0.544. The molecule has 0 amide bonds. The molecule has 0 aliphatic heterocycles. The minimum absolute atomic E-state index is 0.0641. The summed E-state index contributed by atoms with van der Waals surface area (Å²) in [6, 6.07) is 2.51. The molecule has 1 aromatic heterocycles. The van der Waals surface area contributed by atoms with Gasteiger partial charge in [0, 0.05) is 0 Å². The number of nitrogens with zero attached hydrogens (tertiary/aromatic N) is 1. The van der Waals surface area contributed by atoms with Crippen molar-refractivity contribution in [3.63, 3.8) is 0 Å². The number of hydrogen-bond donors (Lipinski definition) is 2. The molecule has 0 bridgehead atoms. The van der Waals surface area contributed by atoms with Crippen LogP contribution in [0.15, 0.2) is 23.4 Å². The first-order valence-electron chi connectivity index (χ1n) is 7.26. The highest BCUT2D eigenvalue weighted by molar-refractivity contribution is 7.92. The van der Waals surface area contributed by atoms with E-state index in [9.17, 15) is 16.8 Å². The van der Waals surface area contributed by atoms with Crippen molar-refractivity contribution >= 4 is 25.7 Å². The molecule has 0 atom stereocenters. The normalized spacial score (nSPS) is 17.3. The largest absolute Gasteiger partial charge is 0.282 e. The van der Waals surface area contributed by atoms with Crippen LogP contribution in [-0.2, 0) is 20.0 Å². The van der Waals surface area contributed by atoms with Gasteiger partial charge in [-0.1, -0.05) is 32.1 Å². The molecule has 9 heteroatoms. The number of nitrogens with two attached hydrogens (primary N) is 1. The Labute approximate surface area is 131 Å². The lowest BCUT2D eigenvalue weighted by Gasteiger charge is -2.21. The Balaban J connectivity index is 1.93. The van der Waals surface area contributed by atoms with Gasteiger partial charge in [0.15, 0.2) is 5.03 Å². The van der Waals surface area contributed by atoms with E-state index in [1.807, 2.05) is 0 Å². The minimum Gasteiger partial charge on any atom is -0.282 e. The van der Waals surface area contributed by atoms with Crippen LogP contribution < -0.4 is 9.86 Å². The van der Waals surface area contributed by atoms with Crippen molar-refractivity contribution in [1.82, 2.24) is 4.98 Å². The first-order valence-corrected chi connectivity index (χ1v) is 10.5. The average Bonchev–Trinajstić information content (AvgIpc) is 2.46. The highest BCUT2D eigenvalue weighted by Crippen LogP contribution is 2.26. The summed E-state index contributed by atoms with van der Waals surface area (Å²) in [5.41, 5.74) is 0.232. The van der Waals surface area contributed by atoms with Gasteiger partial charge in [-0.3, -0.25) is 4.72 Å². The molecule has 0 spiro atoms. The van der Waals surface area contributed by atoms with E-state index >= 15 is 0 Å². The van der Waals surface area contributed by atoms with E-state index in [1.165, 1.54) is 31.4 Å². The number of aromatic nitrogens is 1. The van der Waals surface area contributed by atoms with Crippen molar-refractivity contribution in [2.24, 2.45) is 11.1 Å². The lowest BCUT2D eigenvalue weighted by Crippen LogP contribution is -2.20. The lowest BCUT2D eigenvalue weighted by atomic mass is 9.88. The minimum atomic E-state index is -3.88. The number of hydrogen-bond acceptors (Lipinski definition) is 5. The van der Waals surface area contributed by atoms with Gasteiger partial charge in [-0.15, -0.1) is 0 Å². The Bertz CT molecular complexity index is 693. The number of pyridine rings is 1. The van der Waals surface area contributed by atoms with Crippen LogP contribution in [0.2, 0.25) is 0 Å². The SMILES string of the molecule is NS(=O)(=O)c1ccc(NS(=O)(=O)CCC2CCCCC2)cn1. The molecule has 0 radical (unpaired) electrons. The molecule has 1 saturated carbocycles. The third-order valence-corrected chi connectivity index (χ3v) is 5.97. The predicted molar refractivity (Wildman–Crippen MR) is 84.2 cm³/mol. The van der Waals surface area contributed by atoms with E-state index in [-0.39, 0.29) is 16.5 Å². The average molecular weight is 347 g/mol. The molecule has 22 heavy (non-hydrogen) atoms. The maximum absolute atomic E-state index is 12.0. The van der Waals surface area contributed by atoms with E-state index < -0.39 is 20.0 Å². The second-order valence-electron chi connectivity index (χ2n) is 5.64. The zero-order valence-electron chi connectivity index (χ0n) is 12.2. The van der Waals surface area contributed by atoms with Gasteiger partial charge in [0.25, 0.3) is 10.0 Å². The first kappa shape index (κ1) is 17.2. The van der Waals surface area contributed by atoms with Gasteiger partial charge in [0.2, 0.25) is 10.0 Å². The number of sulfonamides is 2. The molecule has 124 valence electrons. The van der Waals surface area contributed by atoms with E-state index in [2.05, 4.69) is 9.71 Å². The zero-order valence-corrected chi connectivity index (χ0v) is 13.9. The fourth-order valence-corrected chi connectivity index (χ4v) is 4.32. The molecule has 0 saturated heterocycles. The van der Waals surface area contributed by atoms with Crippen LogP contribution in [0.25, 0.3) is 0 Å². The van der Waals surface area contributed by atoms with Crippen LogP contribution >= 0.6 is 0 Å². The van der Waals surface area contributed by atoms with Crippen LogP contribution in [0.4, 0.5) is 5.69 Å². The summed E-state index contributed by atoms with van der Waals surface area (Å²) >= 11 is 0. The summed E-state index contributed by atoms with van der Waals surface area (Å²) in [6.45, 7) is 0. The second-order valence-corrected chi connectivity index (χ2v) is 8.99. The molecule has 1 heterocycles. The van der Waals surface area contributed by atoms with Gasteiger partial charge in [-0.05, 0) is 24.5 Å². The number of primary sulfonamides is 1. The predicted octanol–water partition coefficient (Wildman–Crippen LogP) is 1.44. The van der Waals surface area contributed by atoms with Crippen molar-refractivity contribution in [2.75, 3.05) is 10.5 Å².